The molecule has 1 heterocycles. The largest absolute Gasteiger partial charge is 0.313 e. The minimum atomic E-state index is 0.807. The maximum Gasteiger partial charge on any atom is 0.148 e. The van der Waals surface area contributed by atoms with Crippen molar-refractivity contribution in [1.82, 2.24) is 20.1 Å². The van der Waals surface area contributed by atoms with Crippen LogP contribution in [0.4, 0.5) is 0 Å². The normalized spacial score (nSPS) is 10.8. The number of benzene rings is 1. The van der Waals surface area contributed by atoms with Gasteiger partial charge in [0.1, 0.15) is 11.6 Å². The van der Waals surface area contributed by atoms with Crippen LogP contribution in [0.1, 0.15) is 30.6 Å². The molecule has 1 N–H and O–H groups in total. The maximum absolute atomic E-state index is 4.40. The van der Waals surface area contributed by atoms with Gasteiger partial charge in [-0.05, 0) is 44.5 Å². The summed E-state index contributed by atoms with van der Waals surface area (Å²) in [5.41, 5.74) is 2.34. The lowest BCUT2D eigenvalue weighted by atomic mass is 10.2. The monoisotopic (exact) mass is 244 g/mol. The molecule has 1 aromatic carbocycles. The van der Waals surface area contributed by atoms with E-state index in [1.165, 1.54) is 5.56 Å². The van der Waals surface area contributed by atoms with Gasteiger partial charge in [-0.1, -0.05) is 19.1 Å². The molecule has 2 rings (SSSR count). The summed E-state index contributed by atoms with van der Waals surface area (Å²) >= 11 is 0. The van der Waals surface area contributed by atoms with Crippen LogP contribution in [0.5, 0.6) is 0 Å². The summed E-state index contributed by atoms with van der Waals surface area (Å²) in [6, 6.07) is 8.41. The molecule has 1 aromatic heterocycles. The molecule has 0 unspecified atom stereocenters. The minimum absolute atomic E-state index is 0.807. The molecule has 0 radical (unpaired) electrons. The van der Waals surface area contributed by atoms with E-state index in [2.05, 4.69) is 46.6 Å². The maximum atomic E-state index is 4.40. The summed E-state index contributed by atoms with van der Waals surface area (Å²) in [7, 11) is 0. The highest BCUT2D eigenvalue weighted by molar-refractivity contribution is 5.35. The molecule has 0 fully saturated rings. The minimum Gasteiger partial charge on any atom is -0.313 e. The van der Waals surface area contributed by atoms with Crippen molar-refractivity contribution in [2.75, 3.05) is 6.54 Å². The number of nitrogens with one attached hydrogen (secondary N) is 1. The molecule has 18 heavy (non-hydrogen) atoms. The van der Waals surface area contributed by atoms with Gasteiger partial charge < -0.3 is 5.32 Å². The zero-order valence-corrected chi connectivity index (χ0v) is 11.3. The highest BCUT2D eigenvalue weighted by atomic mass is 15.3. The van der Waals surface area contributed by atoms with Crippen LogP contribution in [-0.2, 0) is 6.54 Å². The van der Waals surface area contributed by atoms with Crippen molar-refractivity contribution in [2.24, 2.45) is 0 Å². The summed E-state index contributed by atoms with van der Waals surface area (Å²) < 4.78 is 1.89. The molecule has 0 spiro atoms. The average molecular weight is 244 g/mol. The van der Waals surface area contributed by atoms with E-state index in [-0.39, 0.29) is 0 Å². The molecule has 0 bridgehead atoms. The molecule has 96 valence electrons. The summed E-state index contributed by atoms with van der Waals surface area (Å²) in [5.74, 6) is 1.73. The first kappa shape index (κ1) is 12.8. The Bertz CT molecular complexity index is 516. The van der Waals surface area contributed by atoms with E-state index in [1.807, 2.05) is 18.5 Å². The van der Waals surface area contributed by atoms with E-state index in [0.29, 0.717) is 0 Å². The summed E-state index contributed by atoms with van der Waals surface area (Å²) in [5, 5.41) is 7.81. The third kappa shape index (κ3) is 2.96. The molecule has 4 heteroatoms. The zero-order valence-electron chi connectivity index (χ0n) is 11.3. The molecule has 0 saturated heterocycles. The smallest absolute Gasteiger partial charge is 0.148 e. The van der Waals surface area contributed by atoms with Crippen LogP contribution in [0.15, 0.2) is 24.3 Å². The lowest BCUT2D eigenvalue weighted by Gasteiger charge is -2.07. The van der Waals surface area contributed by atoms with Gasteiger partial charge in [-0.3, -0.25) is 0 Å². The molecule has 0 amide bonds. The SMILES string of the molecule is CCCNCc1cccc(-n2nc(C)nc2C)c1. The van der Waals surface area contributed by atoms with Crippen LogP contribution in [0, 0.1) is 13.8 Å². The Hall–Kier alpha value is -1.68. The van der Waals surface area contributed by atoms with Crippen LogP contribution < -0.4 is 5.32 Å². The predicted molar refractivity (Wildman–Crippen MR) is 72.8 cm³/mol. The van der Waals surface area contributed by atoms with E-state index in [4.69, 9.17) is 0 Å². The number of aromatic nitrogens is 3. The van der Waals surface area contributed by atoms with Gasteiger partial charge in [-0.2, -0.15) is 5.10 Å². The van der Waals surface area contributed by atoms with Gasteiger partial charge in [0.15, 0.2) is 0 Å². The molecule has 0 atom stereocenters. The molecular formula is C14H20N4. The fourth-order valence-corrected chi connectivity index (χ4v) is 1.97. The fraction of sp³-hybridized carbons (Fsp3) is 0.429. The van der Waals surface area contributed by atoms with E-state index >= 15 is 0 Å². The topological polar surface area (TPSA) is 42.7 Å². The average Bonchev–Trinajstić information content (AvgIpc) is 2.69. The van der Waals surface area contributed by atoms with Crippen molar-refractivity contribution in [2.45, 2.75) is 33.7 Å². The second-order valence-corrected chi connectivity index (χ2v) is 4.46. The zero-order chi connectivity index (χ0) is 13.0. The van der Waals surface area contributed by atoms with E-state index in [1.54, 1.807) is 0 Å². The quantitative estimate of drug-likeness (QED) is 0.821. The second-order valence-electron chi connectivity index (χ2n) is 4.46. The number of nitrogens with zero attached hydrogens (tertiary/aromatic N) is 3. The first-order valence-corrected chi connectivity index (χ1v) is 6.41. The summed E-state index contributed by atoms with van der Waals surface area (Å²) in [4.78, 5) is 4.33. The van der Waals surface area contributed by atoms with Gasteiger partial charge in [0.05, 0.1) is 5.69 Å². The Balaban J connectivity index is 2.19. The van der Waals surface area contributed by atoms with Crippen molar-refractivity contribution in [1.29, 1.82) is 0 Å². The van der Waals surface area contributed by atoms with Crippen LogP contribution in [0.2, 0.25) is 0 Å². The molecule has 0 aliphatic heterocycles. The fourth-order valence-electron chi connectivity index (χ4n) is 1.97. The lowest BCUT2D eigenvalue weighted by Crippen LogP contribution is -2.14. The Morgan fingerprint density at radius 3 is 2.78 bits per heavy atom. The molecular weight excluding hydrogens is 224 g/mol. The first-order chi connectivity index (χ1) is 8.70. The van der Waals surface area contributed by atoms with Crippen LogP contribution in [0.25, 0.3) is 5.69 Å². The summed E-state index contributed by atoms with van der Waals surface area (Å²) in [6.45, 7) is 8.00. The lowest BCUT2D eigenvalue weighted by molar-refractivity contribution is 0.674. The highest BCUT2D eigenvalue weighted by Gasteiger charge is 2.05. The van der Waals surface area contributed by atoms with E-state index in [0.717, 1.165) is 36.8 Å². The van der Waals surface area contributed by atoms with Crippen molar-refractivity contribution in [3.63, 3.8) is 0 Å². The second kappa shape index (κ2) is 5.78. The Morgan fingerprint density at radius 2 is 2.11 bits per heavy atom. The molecule has 0 aliphatic rings. The first-order valence-electron chi connectivity index (χ1n) is 6.41. The Morgan fingerprint density at radius 1 is 1.28 bits per heavy atom. The van der Waals surface area contributed by atoms with Crippen molar-refractivity contribution in [3.8, 4) is 5.69 Å². The van der Waals surface area contributed by atoms with Crippen LogP contribution >= 0.6 is 0 Å². The third-order valence-electron chi connectivity index (χ3n) is 2.79. The highest BCUT2D eigenvalue weighted by Crippen LogP contribution is 2.11. The van der Waals surface area contributed by atoms with Gasteiger partial charge >= 0.3 is 0 Å². The molecule has 2 aromatic rings. The van der Waals surface area contributed by atoms with Gasteiger partial charge in [-0.25, -0.2) is 9.67 Å². The van der Waals surface area contributed by atoms with Crippen molar-refractivity contribution in [3.05, 3.63) is 41.5 Å². The van der Waals surface area contributed by atoms with Gasteiger partial charge in [-0.15, -0.1) is 0 Å². The summed E-state index contributed by atoms with van der Waals surface area (Å²) in [6.07, 6.45) is 1.15. The Labute approximate surface area is 108 Å². The van der Waals surface area contributed by atoms with Crippen molar-refractivity contribution < 1.29 is 0 Å². The number of hydrogen-bond donors (Lipinski definition) is 1. The standard InChI is InChI=1S/C14H20N4/c1-4-8-15-10-13-6-5-7-14(9-13)18-12(3)16-11(2)17-18/h5-7,9,15H,4,8,10H2,1-3H3. The molecule has 0 saturated carbocycles. The van der Waals surface area contributed by atoms with Crippen molar-refractivity contribution >= 4 is 0 Å². The third-order valence-corrected chi connectivity index (χ3v) is 2.79. The molecule has 4 nitrogen and oxygen atoms in total. The molecule has 0 aliphatic carbocycles. The Kier molecular flexibility index (Phi) is 4.10. The number of rotatable bonds is 5. The number of hydrogen-bond acceptors (Lipinski definition) is 3. The van der Waals surface area contributed by atoms with Gasteiger partial charge in [0, 0.05) is 6.54 Å². The van der Waals surface area contributed by atoms with Gasteiger partial charge in [0.2, 0.25) is 0 Å². The van der Waals surface area contributed by atoms with E-state index in [9.17, 15) is 0 Å². The van der Waals surface area contributed by atoms with Gasteiger partial charge in [0.25, 0.3) is 0 Å². The van der Waals surface area contributed by atoms with Crippen LogP contribution in [-0.4, -0.2) is 21.3 Å². The van der Waals surface area contributed by atoms with E-state index < -0.39 is 0 Å². The number of aryl methyl sites for hydroxylation is 2. The predicted octanol–water partition coefficient (Wildman–Crippen LogP) is 2.38. The van der Waals surface area contributed by atoms with Crippen LogP contribution in [0.3, 0.4) is 0 Å².